The Bertz CT molecular complexity index is 666. The third kappa shape index (κ3) is 1.57. The van der Waals surface area contributed by atoms with Crippen LogP contribution in [0.15, 0.2) is 54.6 Å². The minimum Gasteiger partial charge on any atom is -0.369 e. The number of fused-ring (bicyclic) bond motifs is 1. The molecule has 1 heterocycles. The second-order valence-corrected chi connectivity index (χ2v) is 4.41. The number of benzene rings is 2. The van der Waals surface area contributed by atoms with Crippen molar-refractivity contribution < 1.29 is 14.7 Å². The number of para-hydroxylation sites is 1. The first kappa shape index (κ1) is 11.6. The van der Waals surface area contributed by atoms with Crippen LogP contribution in [-0.2, 0) is 10.4 Å². The zero-order chi connectivity index (χ0) is 13.5. The molecule has 1 unspecified atom stereocenters. The number of amides is 1. The number of hydrogen-bond donors (Lipinski definition) is 2. The maximum atomic E-state index is 12.4. The van der Waals surface area contributed by atoms with Crippen LogP contribution in [0.5, 0.6) is 0 Å². The van der Waals surface area contributed by atoms with Gasteiger partial charge in [0, 0.05) is 11.1 Å². The molecule has 3 rings (SSSR count). The van der Waals surface area contributed by atoms with E-state index in [2.05, 4.69) is 5.32 Å². The Labute approximate surface area is 109 Å². The van der Waals surface area contributed by atoms with Crippen molar-refractivity contribution in [2.75, 3.05) is 5.32 Å². The predicted octanol–water partition coefficient (Wildman–Crippen LogP) is 1.71. The second-order valence-electron chi connectivity index (χ2n) is 4.41. The number of hydrogen-bond acceptors (Lipinski definition) is 3. The van der Waals surface area contributed by atoms with E-state index in [0.717, 1.165) is 0 Å². The highest BCUT2D eigenvalue weighted by molar-refractivity contribution is 6.26. The summed E-state index contributed by atoms with van der Waals surface area (Å²) in [5.41, 5.74) is -1.14. The van der Waals surface area contributed by atoms with Crippen LogP contribution in [0.2, 0.25) is 0 Å². The predicted molar refractivity (Wildman–Crippen MR) is 69.7 cm³/mol. The van der Waals surface area contributed by atoms with Gasteiger partial charge in [0.05, 0.1) is 5.69 Å². The van der Waals surface area contributed by atoms with E-state index in [4.69, 9.17) is 0 Å². The summed E-state index contributed by atoms with van der Waals surface area (Å²) in [5, 5.41) is 13.1. The van der Waals surface area contributed by atoms with Crippen molar-refractivity contribution in [3.63, 3.8) is 0 Å². The van der Waals surface area contributed by atoms with Gasteiger partial charge in [-0.3, -0.25) is 9.59 Å². The molecule has 1 aliphatic rings. The van der Waals surface area contributed by atoms with E-state index in [1.54, 1.807) is 54.6 Å². The molecule has 2 N–H and O–H groups in total. The summed E-state index contributed by atoms with van der Waals surface area (Å²) in [5.74, 6) is -1.32. The Kier molecular flexibility index (Phi) is 2.47. The summed E-state index contributed by atoms with van der Waals surface area (Å²) in [6.45, 7) is 0. The fourth-order valence-electron chi connectivity index (χ4n) is 2.24. The highest BCUT2D eigenvalue weighted by Crippen LogP contribution is 2.34. The molecule has 0 fully saturated rings. The molecule has 2 aromatic carbocycles. The van der Waals surface area contributed by atoms with Crippen LogP contribution in [-0.4, -0.2) is 16.8 Å². The Hall–Kier alpha value is -2.46. The van der Waals surface area contributed by atoms with Gasteiger partial charge in [0.2, 0.25) is 11.4 Å². The van der Waals surface area contributed by atoms with Crippen molar-refractivity contribution in [1.29, 1.82) is 0 Å². The minimum atomic E-state index is -2.16. The van der Waals surface area contributed by atoms with E-state index in [1.165, 1.54) is 0 Å². The lowest BCUT2D eigenvalue weighted by molar-refractivity contribution is -0.130. The average Bonchev–Trinajstić information content (AvgIpc) is 2.46. The number of anilines is 1. The third-order valence-corrected chi connectivity index (χ3v) is 3.27. The number of carbonyl (C=O) groups excluding carboxylic acids is 2. The third-order valence-electron chi connectivity index (χ3n) is 3.27. The Morgan fingerprint density at radius 3 is 2.26 bits per heavy atom. The Morgan fingerprint density at radius 1 is 0.895 bits per heavy atom. The first-order valence-electron chi connectivity index (χ1n) is 5.87. The molecular weight excluding hydrogens is 242 g/mol. The summed E-state index contributed by atoms with van der Waals surface area (Å²) < 4.78 is 0. The fourth-order valence-corrected chi connectivity index (χ4v) is 2.24. The summed E-state index contributed by atoms with van der Waals surface area (Å²) in [7, 11) is 0. The van der Waals surface area contributed by atoms with Crippen molar-refractivity contribution in [3.05, 3.63) is 65.7 Å². The van der Waals surface area contributed by atoms with Gasteiger partial charge in [-0.25, -0.2) is 0 Å². The first-order chi connectivity index (χ1) is 9.14. The molecule has 0 bridgehead atoms. The smallest absolute Gasteiger partial charge is 0.269 e. The van der Waals surface area contributed by atoms with Gasteiger partial charge in [-0.1, -0.05) is 42.5 Å². The number of aliphatic hydroxyl groups is 1. The van der Waals surface area contributed by atoms with Crippen molar-refractivity contribution in [2.24, 2.45) is 0 Å². The largest absolute Gasteiger partial charge is 0.369 e. The van der Waals surface area contributed by atoms with Gasteiger partial charge < -0.3 is 10.4 Å². The van der Waals surface area contributed by atoms with E-state index in [9.17, 15) is 14.7 Å². The number of Topliss-reactive ketones (excluding diaryl/α,β-unsaturated/α-hetero) is 1. The normalized spacial score (nSPS) is 21.7. The molecule has 4 nitrogen and oxygen atoms in total. The molecule has 0 aromatic heterocycles. The first-order valence-corrected chi connectivity index (χ1v) is 5.87. The van der Waals surface area contributed by atoms with E-state index in [-0.39, 0.29) is 5.56 Å². The summed E-state index contributed by atoms with van der Waals surface area (Å²) in [6.07, 6.45) is 0. The molecule has 1 atom stereocenters. The molecule has 2 aromatic rings. The molecule has 4 heteroatoms. The fraction of sp³-hybridized carbons (Fsp3) is 0.0667. The number of ketones is 1. The molecule has 19 heavy (non-hydrogen) atoms. The highest BCUT2D eigenvalue weighted by atomic mass is 16.3. The monoisotopic (exact) mass is 253 g/mol. The Balaban J connectivity index is 2.19. The molecule has 94 valence electrons. The molecular formula is C15H11NO3. The quantitative estimate of drug-likeness (QED) is 0.760. The SMILES string of the molecule is O=C1Nc2ccccc2C(=O)C1(O)c1ccccc1. The number of rotatable bonds is 1. The van der Waals surface area contributed by atoms with Crippen molar-refractivity contribution in [1.82, 2.24) is 0 Å². The summed E-state index contributed by atoms with van der Waals surface area (Å²) in [4.78, 5) is 24.5. The van der Waals surface area contributed by atoms with Gasteiger partial charge >= 0.3 is 0 Å². The highest BCUT2D eigenvalue weighted by Gasteiger charge is 2.49. The number of nitrogens with one attached hydrogen (secondary N) is 1. The summed E-state index contributed by atoms with van der Waals surface area (Å²) >= 11 is 0. The lowest BCUT2D eigenvalue weighted by Gasteiger charge is -2.31. The molecule has 0 saturated carbocycles. The molecule has 1 aliphatic heterocycles. The maximum Gasteiger partial charge on any atom is 0.269 e. The maximum absolute atomic E-state index is 12.4. The zero-order valence-electron chi connectivity index (χ0n) is 9.96. The van der Waals surface area contributed by atoms with Crippen molar-refractivity contribution in [3.8, 4) is 0 Å². The zero-order valence-corrected chi connectivity index (χ0v) is 9.96. The molecule has 0 radical (unpaired) electrons. The van der Waals surface area contributed by atoms with Crippen LogP contribution < -0.4 is 5.32 Å². The molecule has 0 spiro atoms. The van der Waals surface area contributed by atoms with Crippen LogP contribution in [0.4, 0.5) is 5.69 Å². The minimum absolute atomic E-state index is 0.270. The van der Waals surface area contributed by atoms with Gasteiger partial charge in [-0.2, -0.15) is 0 Å². The van der Waals surface area contributed by atoms with Gasteiger partial charge in [-0.15, -0.1) is 0 Å². The van der Waals surface area contributed by atoms with E-state index in [0.29, 0.717) is 11.3 Å². The van der Waals surface area contributed by atoms with Crippen LogP contribution >= 0.6 is 0 Å². The van der Waals surface area contributed by atoms with E-state index < -0.39 is 17.3 Å². The van der Waals surface area contributed by atoms with Gasteiger partial charge in [0.15, 0.2) is 0 Å². The lowest BCUT2D eigenvalue weighted by Crippen LogP contribution is -2.50. The standard InChI is InChI=1S/C15H11NO3/c17-13-11-8-4-5-9-12(11)16-14(18)15(13,19)10-6-2-1-3-7-10/h1-9,19H,(H,16,18). The van der Waals surface area contributed by atoms with E-state index >= 15 is 0 Å². The Morgan fingerprint density at radius 2 is 1.53 bits per heavy atom. The molecule has 0 saturated heterocycles. The van der Waals surface area contributed by atoms with Gasteiger partial charge in [0.25, 0.3) is 5.91 Å². The average molecular weight is 253 g/mol. The topological polar surface area (TPSA) is 66.4 Å². The van der Waals surface area contributed by atoms with Crippen LogP contribution in [0.25, 0.3) is 0 Å². The van der Waals surface area contributed by atoms with Crippen LogP contribution in [0.1, 0.15) is 15.9 Å². The summed E-state index contributed by atoms with van der Waals surface area (Å²) in [6, 6.07) is 14.9. The van der Waals surface area contributed by atoms with Crippen molar-refractivity contribution >= 4 is 17.4 Å². The second kappa shape index (κ2) is 4.03. The number of carbonyl (C=O) groups is 2. The lowest BCUT2D eigenvalue weighted by atomic mass is 9.82. The van der Waals surface area contributed by atoms with E-state index in [1.807, 2.05) is 0 Å². The molecule has 1 amide bonds. The molecule has 0 aliphatic carbocycles. The van der Waals surface area contributed by atoms with Crippen molar-refractivity contribution in [2.45, 2.75) is 5.60 Å². The van der Waals surface area contributed by atoms with Crippen LogP contribution in [0, 0.1) is 0 Å². The van der Waals surface area contributed by atoms with Gasteiger partial charge in [-0.05, 0) is 12.1 Å². The van der Waals surface area contributed by atoms with Crippen LogP contribution in [0.3, 0.4) is 0 Å². The van der Waals surface area contributed by atoms with Gasteiger partial charge in [0.1, 0.15) is 0 Å².